The van der Waals surface area contributed by atoms with Crippen molar-refractivity contribution in [3.05, 3.63) is 34.3 Å². The molecule has 0 aliphatic heterocycles. The standard InChI is InChI=1S/C11H15ClN2O/c1-8-5-10(12)4-3-9(8)6-14-7-11(15)13-2/h3-5,14H,6-7H2,1-2H3,(H,13,15). The Labute approximate surface area is 94.8 Å². The topological polar surface area (TPSA) is 41.1 Å². The van der Waals surface area contributed by atoms with Gasteiger partial charge in [-0.25, -0.2) is 0 Å². The van der Waals surface area contributed by atoms with E-state index in [4.69, 9.17) is 11.6 Å². The van der Waals surface area contributed by atoms with Crippen molar-refractivity contribution in [2.75, 3.05) is 13.6 Å². The second-order valence-electron chi connectivity index (χ2n) is 3.35. The Morgan fingerprint density at radius 2 is 2.20 bits per heavy atom. The van der Waals surface area contributed by atoms with Gasteiger partial charge in [0.05, 0.1) is 6.54 Å². The number of aryl methyl sites for hydroxylation is 1. The van der Waals surface area contributed by atoms with Gasteiger partial charge in [0.2, 0.25) is 5.91 Å². The lowest BCUT2D eigenvalue weighted by molar-refractivity contribution is -0.119. The Kier molecular flexibility index (Phi) is 4.59. The molecule has 0 aliphatic carbocycles. The summed E-state index contributed by atoms with van der Waals surface area (Å²) in [5.74, 6) is -0.0124. The van der Waals surface area contributed by atoms with E-state index < -0.39 is 0 Å². The molecule has 4 heteroatoms. The van der Waals surface area contributed by atoms with Gasteiger partial charge in [0.25, 0.3) is 0 Å². The molecule has 2 N–H and O–H groups in total. The van der Waals surface area contributed by atoms with Crippen LogP contribution in [-0.4, -0.2) is 19.5 Å². The van der Waals surface area contributed by atoms with E-state index in [-0.39, 0.29) is 5.91 Å². The van der Waals surface area contributed by atoms with E-state index in [1.807, 2.05) is 25.1 Å². The monoisotopic (exact) mass is 226 g/mol. The number of hydrogen-bond acceptors (Lipinski definition) is 2. The van der Waals surface area contributed by atoms with Crippen LogP contribution in [0.25, 0.3) is 0 Å². The second kappa shape index (κ2) is 5.73. The first kappa shape index (κ1) is 12.0. The van der Waals surface area contributed by atoms with Gasteiger partial charge in [-0.05, 0) is 30.2 Å². The molecule has 1 rings (SSSR count). The Morgan fingerprint density at radius 1 is 1.47 bits per heavy atom. The number of halogens is 1. The average Bonchev–Trinajstić information content (AvgIpc) is 2.21. The van der Waals surface area contributed by atoms with E-state index in [0.29, 0.717) is 13.1 Å². The summed E-state index contributed by atoms with van der Waals surface area (Å²) in [5.41, 5.74) is 2.29. The van der Waals surface area contributed by atoms with Crippen LogP contribution in [0.2, 0.25) is 5.02 Å². The van der Waals surface area contributed by atoms with E-state index >= 15 is 0 Å². The number of benzene rings is 1. The molecule has 0 bridgehead atoms. The summed E-state index contributed by atoms with van der Waals surface area (Å²) in [6.45, 7) is 3.01. The lowest BCUT2D eigenvalue weighted by atomic mass is 10.1. The third kappa shape index (κ3) is 3.90. The van der Waals surface area contributed by atoms with Crippen LogP contribution in [0.1, 0.15) is 11.1 Å². The summed E-state index contributed by atoms with van der Waals surface area (Å²) in [5, 5.41) is 6.35. The normalized spacial score (nSPS) is 10.1. The maximum absolute atomic E-state index is 10.9. The zero-order chi connectivity index (χ0) is 11.3. The smallest absolute Gasteiger partial charge is 0.233 e. The summed E-state index contributed by atoms with van der Waals surface area (Å²) in [6.07, 6.45) is 0. The molecule has 0 spiro atoms. The lowest BCUT2D eigenvalue weighted by Crippen LogP contribution is -2.31. The van der Waals surface area contributed by atoms with Gasteiger partial charge >= 0.3 is 0 Å². The van der Waals surface area contributed by atoms with Crippen LogP contribution in [0.3, 0.4) is 0 Å². The predicted molar refractivity (Wildman–Crippen MR) is 62.0 cm³/mol. The Bertz CT molecular complexity index is 352. The van der Waals surface area contributed by atoms with Crippen LogP contribution in [0.4, 0.5) is 0 Å². The van der Waals surface area contributed by atoms with Gasteiger partial charge in [-0.15, -0.1) is 0 Å². The van der Waals surface area contributed by atoms with Crippen molar-refractivity contribution < 1.29 is 4.79 Å². The molecular formula is C11H15ClN2O. The highest BCUT2D eigenvalue weighted by Gasteiger charge is 2.00. The van der Waals surface area contributed by atoms with Gasteiger partial charge in [-0.3, -0.25) is 4.79 Å². The van der Waals surface area contributed by atoms with E-state index in [9.17, 15) is 4.79 Å². The molecule has 82 valence electrons. The highest BCUT2D eigenvalue weighted by atomic mass is 35.5. The molecule has 0 aliphatic rings. The molecule has 0 saturated heterocycles. The summed E-state index contributed by atoms with van der Waals surface area (Å²) >= 11 is 5.84. The maximum atomic E-state index is 10.9. The van der Waals surface area contributed by atoms with Gasteiger partial charge in [-0.2, -0.15) is 0 Å². The average molecular weight is 227 g/mol. The van der Waals surface area contributed by atoms with Crippen molar-refractivity contribution in [1.29, 1.82) is 0 Å². The molecule has 15 heavy (non-hydrogen) atoms. The molecule has 0 heterocycles. The molecule has 0 fully saturated rings. The molecule has 1 aromatic carbocycles. The van der Waals surface area contributed by atoms with Crippen LogP contribution in [0, 0.1) is 6.92 Å². The van der Waals surface area contributed by atoms with Gasteiger partial charge < -0.3 is 10.6 Å². The largest absolute Gasteiger partial charge is 0.358 e. The van der Waals surface area contributed by atoms with Crippen LogP contribution < -0.4 is 10.6 Å². The highest BCUT2D eigenvalue weighted by molar-refractivity contribution is 6.30. The Hall–Kier alpha value is -1.06. The fraction of sp³-hybridized carbons (Fsp3) is 0.364. The highest BCUT2D eigenvalue weighted by Crippen LogP contribution is 2.14. The van der Waals surface area contributed by atoms with E-state index in [1.54, 1.807) is 7.05 Å². The van der Waals surface area contributed by atoms with Gasteiger partial charge in [-0.1, -0.05) is 17.7 Å². The van der Waals surface area contributed by atoms with Crippen molar-refractivity contribution in [3.63, 3.8) is 0 Å². The Morgan fingerprint density at radius 3 is 2.80 bits per heavy atom. The van der Waals surface area contributed by atoms with E-state index in [0.717, 1.165) is 16.1 Å². The predicted octanol–water partition coefficient (Wildman–Crippen LogP) is 1.48. The molecule has 1 amide bonds. The minimum Gasteiger partial charge on any atom is -0.358 e. The zero-order valence-electron chi connectivity index (χ0n) is 8.93. The summed E-state index contributed by atoms with van der Waals surface area (Å²) < 4.78 is 0. The van der Waals surface area contributed by atoms with Gasteiger partial charge in [0.15, 0.2) is 0 Å². The molecule has 0 atom stereocenters. The number of amides is 1. The summed E-state index contributed by atoms with van der Waals surface area (Å²) in [7, 11) is 1.62. The van der Waals surface area contributed by atoms with Crippen molar-refractivity contribution in [2.45, 2.75) is 13.5 Å². The maximum Gasteiger partial charge on any atom is 0.233 e. The zero-order valence-corrected chi connectivity index (χ0v) is 9.69. The number of carbonyl (C=O) groups excluding carboxylic acids is 1. The van der Waals surface area contributed by atoms with Crippen molar-refractivity contribution >= 4 is 17.5 Å². The number of likely N-dealkylation sites (N-methyl/N-ethyl adjacent to an activating group) is 1. The van der Waals surface area contributed by atoms with Crippen LogP contribution in [0.5, 0.6) is 0 Å². The fourth-order valence-electron chi connectivity index (χ4n) is 1.26. The number of rotatable bonds is 4. The van der Waals surface area contributed by atoms with E-state index in [2.05, 4.69) is 10.6 Å². The quantitative estimate of drug-likeness (QED) is 0.817. The second-order valence-corrected chi connectivity index (χ2v) is 3.78. The van der Waals surface area contributed by atoms with Crippen LogP contribution >= 0.6 is 11.6 Å². The van der Waals surface area contributed by atoms with Crippen LogP contribution in [0.15, 0.2) is 18.2 Å². The molecule has 0 aromatic heterocycles. The van der Waals surface area contributed by atoms with Crippen molar-refractivity contribution in [1.82, 2.24) is 10.6 Å². The third-order valence-corrected chi connectivity index (χ3v) is 2.42. The first-order valence-corrected chi connectivity index (χ1v) is 5.17. The first-order chi connectivity index (χ1) is 7.13. The molecule has 0 radical (unpaired) electrons. The first-order valence-electron chi connectivity index (χ1n) is 4.80. The Balaban J connectivity index is 2.47. The molecule has 0 unspecified atom stereocenters. The van der Waals surface area contributed by atoms with Crippen molar-refractivity contribution in [2.24, 2.45) is 0 Å². The van der Waals surface area contributed by atoms with E-state index in [1.165, 1.54) is 0 Å². The van der Waals surface area contributed by atoms with Crippen LogP contribution in [-0.2, 0) is 11.3 Å². The summed E-state index contributed by atoms with van der Waals surface area (Å²) in [4.78, 5) is 10.9. The molecule has 0 saturated carbocycles. The molecular weight excluding hydrogens is 212 g/mol. The minimum atomic E-state index is -0.0124. The van der Waals surface area contributed by atoms with Gasteiger partial charge in [0.1, 0.15) is 0 Å². The summed E-state index contributed by atoms with van der Waals surface area (Å²) in [6, 6.07) is 5.73. The molecule has 3 nitrogen and oxygen atoms in total. The fourth-order valence-corrected chi connectivity index (χ4v) is 1.48. The third-order valence-electron chi connectivity index (χ3n) is 2.18. The minimum absolute atomic E-state index is 0.0124. The van der Waals surface area contributed by atoms with Crippen molar-refractivity contribution in [3.8, 4) is 0 Å². The lowest BCUT2D eigenvalue weighted by Gasteiger charge is -2.07. The SMILES string of the molecule is CNC(=O)CNCc1ccc(Cl)cc1C. The number of carbonyl (C=O) groups is 1. The van der Waals surface area contributed by atoms with Gasteiger partial charge in [0, 0.05) is 18.6 Å². The number of hydrogen-bond donors (Lipinski definition) is 2. The molecule has 1 aromatic rings. The number of nitrogens with one attached hydrogen (secondary N) is 2.